The fraction of sp³-hybridized carbons (Fsp3) is 0.240. The van der Waals surface area contributed by atoms with E-state index in [9.17, 15) is 19.1 Å². The van der Waals surface area contributed by atoms with Crippen molar-refractivity contribution in [2.75, 3.05) is 0 Å². The monoisotopic (exact) mass is 419 g/mol. The first-order valence-corrected chi connectivity index (χ1v) is 10.2. The van der Waals surface area contributed by atoms with Gasteiger partial charge in [0.2, 0.25) is 0 Å². The van der Waals surface area contributed by atoms with Gasteiger partial charge in [-0.1, -0.05) is 42.5 Å². The maximum atomic E-state index is 13.6. The maximum absolute atomic E-state index is 13.6. The highest BCUT2D eigenvalue weighted by Gasteiger charge is 2.29. The van der Waals surface area contributed by atoms with E-state index in [4.69, 9.17) is 10.1 Å². The highest BCUT2D eigenvalue weighted by molar-refractivity contribution is 5.99. The zero-order valence-electron chi connectivity index (χ0n) is 16.8. The topological polar surface area (TPSA) is 87.5 Å². The minimum atomic E-state index is -1.21. The van der Waals surface area contributed by atoms with Crippen molar-refractivity contribution in [3.8, 4) is 11.1 Å². The van der Waals surface area contributed by atoms with Gasteiger partial charge in [0, 0.05) is 28.9 Å². The van der Waals surface area contributed by atoms with Gasteiger partial charge in [-0.2, -0.15) is 0 Å². The predicted molar refractivity (Wildman–Crippen MR) is 116 cm³/mol. The Labute approximate surface area is 178 Å². The lowest BCUT2D eigenvalue weighted by Crippen LogP contribution is -2.14. The van der Waals surface area contributed by atoms with Crippen molar-refractivity contribution in [1.82, 2.24) is 4.98 Å². The average molecular weight is 419 g/mol. The fourth-order valence-corrected chi connectivity index (χ4v) is 3.76. The average Bonchev–Trinajstić information content (AvgIpc) is 3.56. The molecule has 2 aromatic carbocycles. The number of ketones is 1. The molecule has 1 heterocycles. The van der Waals surface area contributed by atoms with Crippen LogP contribution in [-0.2, 0) is 9.59 Å². The van der Waals surface area contributed by atoms with Crippen LogP contribution in [-0.4, -0.2) is 33.1 Å². The zero-order valence-corrected chi connectivity index (χ0v) is 16.8. The molecule has 0 saturated heterocycles. The number of hydrogen-bond acceptors (Lipinski definition) is 4. The first-order valence-electron chi connectivity index (χ1n) is 10.2. The van der Waals surface area contributed by atoms with Crippen molar-refractivity contribution in [1.29, 1.82) is 0 Å². The van der Waals surface area contributed by atoms with Crippen LogP contribution in [0.3, 0.4) is 0 Å². The molecule has 4 rings (SSSR count). The van der Waals surface area contributed by atoms with E-state index in [2.05, 4.69) is 0 Å². The number of aromatic nitrogens is 1. The number of carbonyl (C=O) groups is 2. The van der Waals surface area contributed by atoms with Crippen LogP contribution in [0.25, 0.3) is 28.1 Å². The lowest BCUT2D eigenvalue weighted by molar-refractivity contribution is -0.140. The number of pyridine rings is 1. The Kier molecular flexibility index (Phi) is 5.91. The number of rotatable bonds is 8. The Morgan fingerprint density at radius 1 is 1.13 bits per heavy atom. The van der Waals surface area contributed by atoms with Crippen LogP contribution in [0.5, 0.6) is 0 Å². The minimum absolute atomic E-state index is 0.269. The zero-order chi connectivity index (χ0) is 22.0. The molecule has 1 aliphatic carbocycles. The summed E-state index contributed by atoms with van der Waals surface area (Å²) >= 11 is 0. The van der Waals surface area contributed by atoms with E-state index in [1.165, 1.54) is 18.2 Å². The molecular weight excluding hydrogens is 397 g/mol. The summed E-state index contributed by atoms with van der Waals surface area (Å²) in [4.78, 5) is 27.3. The number of carbonyl (C=O) groups excluding carboxylic acids is 1. The molecule has 0 aliphatic heterocycles. The number of hydrogen-bond donors (Lipinski definition) is 2. The number of benzene rings is 2. The molecule has 158 valence electrons. The molecular formula is C25H22FNO4. The third-order valence-electron chi connectivity index (χ3n) is 5.33. The van der Waals surface area contributed by atoms with Crippen molar-refractivity contribution in [3.63, 3.8) is 0 Å². The van der Waals surface area contributed by atoms with Gasteiger partial charge in [-0.3, -0.25) is 14.6 Å². The van der Waals surface area contributed by atoms with Gasteiger partial charge < -0.3 is 10.2 Å². The first-order chi connectivity index (χ1) is 14.9. The maximum Gasteiger partial charge on any atom is 0.310 e. The van der Waals surface area contributed by atoms with Gasteiger partial charge in [0.1, 0.15) is 18.0 Å². The number of carboxylic acid groups (broad SMARTS) is 1. The number of halogens is 1. The number of Topliss-reactive ketones (excluding diaryl/α,β-unsaturated/α-hetero) is 1. The first kappa shape index (κ1) is 20.9. The minimum Gasteiger partial charge on any atom is -0.481 e. The molecule has 0 unspecified atom stereocenters. The molecule has 2 N–H and O–H groups in total. The van der Waals surface area contributed by atoms with Gasteiger partial charge >= 0.3 is 5.97 Å². The van der Waals surface area contributed by atoms with Crippen LogP contribution in [0, 0.1) is 5.82 Å². The highest BCUT2D eigenvalue weighted by atomic mass is 19.1. The Morgan fingerprint density at radius 3 is 2.52 bits per heavy atom. The summed E-state index contributed by atoms with van der Waals surface area (Å²) in [6, 6.07) is 14.0. The number of nitrogens with zero attached hydrogens (tertiary/aromatic N) is 1. The quantitative estimate of drug-likeness (QED) is 0.516. The summed E-state index contributed by atoms with van der Waals surface area (Å²) in [7, 11) is 0. The lowest BCUT2D eigenvalue weighted by Gasteiger charge is -2.16. The van der Waals surface area contributed by atoms with Crippen molar-refractivity contribution in [2.24, 2.45) is 0 Å². The van der Waals surface area contributed by atoms with Gasteiger partial charge in [0.15, 0.2) is 0 Å². The van der Waals surface area contributed by atoms with Crippen LogP contribution >= 0.6 is 0 Å². The van der Waals surface area contributed by atoms with Gasteiger partial charge in [-0.05, 0) is 36.6 Å². The predicted octanol–water partition coefficient (Wildman–Crippen LogP) is 4.73. The number of aliphatic carboxylic acids is 1. The van der Waals surface area contributed by atoms with E-state index >= 15 is 0 Å². The smallest absolute Gasteiger partial charge is 0.310 e. The molecule has 3 aromatic rings. The molecule has 5 nitrogen and oxygen atoms in total. The number of aliphatic hydroxyl groups is 1. The molecule has 0 amide bonds. The standard InChI is InChI=1S/C25H22FNO4/c26-17-9-7-15(8-10-17)24-20-3-1-2-4-22(20)27-25(16-5-6-16)21(24)12-11-18(28)13-19(29)14-23(30)31/h1-4,7-12,16,18,28H,5-6,13-14H2,(H,30,31)/t18-/m1/s1. The second-order valence-electron chi connectivity index (χ2n) is 7.82. The number of carboxylic acids is 1. The second kappa shape index (κ2) is 8.78. The number of aliphatic hydroxyl groups excluding tert-OH is 1. The Bertz CT molecular complexity index is 1170. The van der Waals surface area contributed by atoms with Crippen molar-refractivity contribution >= 4 is 28.7 Å². The molecule has 0 radical (unpaired) electrons. The Balaban J connectivity index is 1.80. The van der Waals surface area contributed by atoms with Gasteiger partial charge in [-0.25, -0.2) is 4.39 Å². The summed E-state index contributed by atoms with van der Waals surface area (Å²) in [6.07, 6.45) is 3.31. The lowest BCUT2D eigenvalue weighted by atomic mass is 9.92. The van der Waals surface area contributed by atoms with E-state index in [0.29, 0.717) is 5.92 Å². The summed E-state index contributed by atoms with van der Waals surface area (Å²) < 4.78 is 13.6. The summed E-state index contributed by atoms with van der Waals surface area (Å²) in [5, 5.41) is 19.9. The van der Waals surface area contributed by atoms with Gasteiger partial charge in [-0.15, -0.1) is 0 Å². The summed E-state index contributed by atoms with van der Waals surface area (Å²) in [5.74, 6) is -1.76. The largest absolute Gasteiger partial charge is 0.481 e. The normalized spacial score (nSPS) is 14.8. The highest BCUT2D eigenvalue weighted by Crippen LogP contribution is 2.45. The van der Waals surface area contributed by atoms with Crippen LogP contribution < -0.4 is 0 Å². The molecule has 1 aliphatic rings. The molecule has 0 bridgehead atoms. The molecule has 6 heteroatoms. The molecule has 1 fully saturated rings. The number of fused-ring (bicyclic) bond motifs is 1. The third-order valence-corrected chi connectivity index (χ3v) is 5.33. The molecule has 31 heavy (non-hydrogen) atoms. The third kappa shape index (κ3) is 4.86. The van der Waals surface area contributed by atoms with Crippen molar-refractivity contribution in [3.05, 3.63) is 71.7 Å². The van der Waals surface area contributed by atoms with Crippen LogP contribution in [0.2, 0.25) is 0 Å². The molecule has 0 spiro atoms. The Hall–Kier alpha value is -3.38. The van der Waals surface area contributed by atoms with E-state index in [1.54, 1.807) is 18.2 Å². The molecule has 1 saturated carbocycles. The van der Waals surface area contributed by atoms with Crippen molar-refractivity contribution < 1.29 is 24.2 Å². The van der Waals surface area contributed by atoms with E-state index in [1.807, 2.05) is 24.3 Å². The van der Waals surface area contributed by atoms with E-state index in [-0.39, 0.29) is 12.2 Å². The summed E-state index contributed by atoms with van der Waals surface area (Å²) in [6.45, 7) is 0. The number of para-hydroxylation sites is 1. The van der Waals surface area contributed by atoms with Crippen LogP contribution in [0.4, 0.5) is 4.39 Å². The molecule has 1 aromatic heterocycles. The molecule has 1 atom stereocenters. The van der Waals surface area contributed by atoms with E-state index < -0.39 is 24.3 Å². The summed E-state index contributed by atoms with van der Waals surface area (Å²) in [5.41, 5.74) is 4.32. The van der Waals surface area contributed by atoms with Crippen LogP contribution in [0.15, 0.2) is 54.6 Å². The SMILES string of the molecule is O=C(O)CC(=O)C[C@H](O)C=Cc1c(C2CC2)nc2ccccc2c1-c1ccc(F)cc1. The van der Waals surface area contributed by atoms with Gasteiger partial charge in [0.25, 0.3) is 0 Å². The fourth-order valence-electron chi connectivity index (χ4n) is 3.76. The van der Waals surface area contributed by atoms with Crippen LogP contribution in [0.1, 0.15) is 42.9 Å². The van der Waals surface area contributed by atoms with Crippen molar-refractivity contribution in [2.45, 2.75) is 37.7 Å². The van der Waals surface area contributed by atoms with E-state index in [0.717, 1.165) is 46.1 Å². The Morgan fingerprint density at radius 2 is 1.84 bits per heavy atom. The second-order valence-corrected chi connectivity index (χ2v) is 7.82. The van der Waals surface area contributed by atoms with Gasteiger partial charge in [0.05, 0.1) is 17.3 Å².